The van der Waals surface area contributed by atoms with Crippen LogP contribution in [-0.4, -0.2) is 22.4 Å². The summed E-state index contributed by atoms with van der Waals surface area (Å²) in [4.78, 5) is 0. The molecule has 0 amide bonds. The minimum atomic E-state index is -0.191. The molecule has 5 aliphatic rings. The Labute approximate surface area is 197 Å². The first-order valence-electron chi connectivity index (χ1n) is 13.7. The van der Waals surface area contributed by atoms with Crippen LogP contribution in [0.2, 0.25) is 0 Å². The molecule has 0 aliphatic heterocycles. The highest BCUT2D eigenvalue weighted by molar-refractivity contribution is 5.22. The van der Waals surface area contributed by atoms with Gasteiger partial charge in [0.15, 0.2) is 0 Å². The maximum absolute atomic E-state index is 11.7. The molecule has 0 spiro atoms. The van der Waals surface area contributed by atoms with Crippen LogP contribution >= 0.6 is 0 Å². The van der Waals surface area contributed by atoms with E-state index in [-0.39, 0.29) is 33.9 Å². The van der Waals surface area contributed by atoms with Crippen molar-refractivity contribution >= 4 is 0 Å². The maximum Gasteiger partial charge on any atom is 0.0602 e. The number of aliphatic hydroxyl groups excluding tert-OH is 2. The Morgan fingerprint density at radius 1 is 0.719 bits per heavy atom. The molecule has 2 N–H and O–H groups in total. The number of allylic oxidation sites excluding steroid dienone is 1. The average Bonchev–Trinajstić information content (AvgIpc) is 3.05. The molecule has 5 saturated carbocycles. The van der Waals surface area contributed by atoms with Gasteiger partial charge in [0.1, 0.15) is 0 Å². The zero-order valence-electron chi connectivity index (χ0n) is 22.0. The highest BCUT2D eigenvalue weighted by atomic mass is 16.3. The van der Waals surface area contributed by atoms with Gasteiger partial charge in [0.2, 0.25) is 0 Å². The lowest BCUT2D eigenvalue weighted by molar-refractivity contribution is -0.261. The van der Waals surface area contributed by atoms with E-state index < -0.39 is 0 Å². The molecule has 0 aromatic carbocycles. The third-order valence-electron chi connectivity index (χ3n) is 13.6. The number of aliphatic hydroxyl groups is 2. The summed E-state index contributed by atoms with van der Waals surface area (Å²) in [6, 6.07) is 0. The van der Waals surface area contributed by atoms with Crippen molar-refractivity contribution in [1.29, 1.82) is 0 Å². The molecule has 0 aromatic rings. The van der Waals surface area contributed by atoms with Crippen molar-refractivity contribution in [2.75, 3.05) is 0 Å². The SMILES string of the molecule is C=C(C)[C@@H]1CC[C@@]2(C)[C@H]1[C@H]1CC[C@@H]3[C@@]4(C)CCC(O)C(C)(C)[C@@H]4CC[C@@]3(C)[C@]1(C)C[C@@H]2O. The lowest BCUT2D eigenvalue weighted by Crippen LogP contribution is -2.68. The van der Waals surface area contributed by atoms with Gasteiger partial charge in [-0.15, -0.1) is 0 Å². The second kappa shape index (κ2) is 6.87. The molecule has 2 nitrogen and oxygen atoms in total. The first-order valence-corrected chi connectivity index (χ1v) is 13.7. The summed E-state index contributed by atoms with van der Waals surface area (Å²) in [6.07, 6.45) is 10.3. The van der Waals surface area contributed by atoms with Crippen LogP contribution in [0, 0.1) is 56.7 Å². The highest BCUT2D eigenvalue weighted by Gasteiger charge is 2.71. The van der Waals surface area contributed by atoms with Crippen molar-refractivity contribution in [3.8, 4) is 0 Å². The van der Waals surface area contributed by atoms with Gasteiger partial charge >= 0.3 is 0 Å². The summed E-state index contributed by atoms with van der Waals surface area (Å²) in [5.74, 6) is 3.16. The molecule has 0 heterocycles. The molecule has 11 atom stereocenters. The number of hydrogen-bond donors (Lipinski definition) is 2. The van der Waals surface area contributed by atoms with E-state index in [0.717, 1.165) is 19.3 Å². The zero-order chi connectivity index (χ0) is 23.5. The third kappa shape index (κ3) is 2.61. The van der Waals surface area contributed by atoms with Crippen molar-refractivity contribution in [3.05, 3.63) is 12.2 Å². The largest absolute Gasteiger partial charge is 0.393 e. The van der Waals surface area contributed by atoms with Crippen LogP contribution in [-0.2, 0) is 0 Å². The minimum Gasteiger partial charge on any atom is -0.393 e. The van der Waals surface area contributed by atoms with Crippen molar-refractivity contribution in [1.82, 2.24) is 0 Å². The molecule has 1 unspecified atom stereocenters. The van der Waals surface area contributed by atoms with Crippen LogP contribution in [0.5, 0.6) is 0 Å². The van der Waals surface area contributed by atoms with Crippen molar-refractivity contribution < 1.29 is 10.2 Å². The van der Waals surface area contributed by atoms with E-state index in [2.05, 4.69) is 55.0 Å². The van der Waals surface area contributed by atoms with Gasteiger partial charge in [0.25, 0.3) is 0 Å². The quantitative estimate of drug-likeness (QED) is 0.429. The van der Waals surface area contributed by atoms with Crippen LogP contribution < -0.4 is 0 Å². The third-order valence-corrected chi connectivity index (χ3v) is 13.6. The van der Waals surface area contributed by atoms with E-state index >= 15 is 0 Å². The Morgan fingerprint density at radius 2 is 1.38 bits per heavy atom. The van der Waals surface area contributed by atoms with Gasteiger partial charge in [-0.2, -0.15) is 0 Å². The Kier molecular flexibility index (Phi) is 5.02. The molecule has 5 rings (SSSR count). The number of rotatable bonds is 1. The molecule has 5 aliphatic carbocycles. The second-order valence-electron chi connectivity index (χ2n) is 14.8. The fourth-order valence-electron chi connectivity index (χ4n) is 11.5. The van der Waals surface area contributed by atoms with Crippen LogP contribution in [0.15, 0.2) is 12.2 Å². The normalized spacial score (nSPS) is 58.8. The predicted molar refractivity (Wildman–Crippen MR) is 132 cm³/mol. The molecule has 0 aromatic heterocycles. The summed E-state index contributed by atoms with van der Waals surface area (Å²) in [6.45, 7) is 21.5. The fraction of sp³-hybridized carbons (Fsp3) is 0.933. The van der Waals surface area contributed by atoms with Gasteiger partial charge < -0.3 is 10.2 Å². The van der Waals surface area contributed by atoms with Gasteiger partial charge in [0, 0.05) is 0 Å². The van der Waals surface area contributed by atoms with Crippen molar-refractivity contribution in [3.63, 3.8) is 0 Å². The monoisotopic (exact) mass is 442 g/mol. The van der Waals surface area contributed by atoms with E-state index in [4.69, 9.17) is 0 Å². The van der Waals surface area contributed by atoms with Gasteiger partial charge in [-0.3, -0.25) is 0 Å². The summed E-state index contributed by atoms with van der Waals surface area (Å²) in [5, 5.41) is 22.6. The first kappa shape index (κ1) is 23.4. The average molecular weight is 443 g/mol. The van der Waals surface area contributed by atoms with Gasteiger partial charge in [-0.1, -0.05) is 53.7 Å². The summed E-state index contributed by atoms with van der Waals surface area (Å²) < 4.78 is 0. The first-order chi connectivity index (χ1) is 14.7. The molecule has 182 valence electrons. The summed E-state index contributed by atoms with van der Waals surface area (Å²) >= 11 is 0. The molecule has 2 heteroatoms. The maximum atomic E-state index is 11.7. The molecular weight excluding hydrogens is 392 g/mol. The van der Waals surface area contributed by atoms with Crippen molar-refractivity contribution in [2.24, 2.45) is 56.7 Å². The van der Waals surface area contributed by atoms with Gasteiger partial charge in [-0.05, 0) is 121 Å². The Hall–Kier alpha value is -0.340. The Morgan fingerprint density at radius 3 is 2.03 bits per heavy atom. The van der Waals surface area contributed by atoms with Crippen LogP contribution in [0.25, 0.3) is 0 Å². The summed E-state index contributed by atoms with van der Waals surface area (Å²) in [7, 11) is 0. The Balaban J connectivity index is 1.57. The molecule has 0 saturated heterocycles. The number of fused-ring (bicyclic) bond motifs is 7. The lowest BCUT2D eigenvalue weighted by Gasteiger charge is -2.73. The molecule has 5 fully saturated rings. The van der Waals surface area contributed by atoms with Gasteiger partial charge in [-0.25, -0.2) is 0 Å². The van der Waals surface area contributed by atoms with Crippen molar-refractivity contribution in [2.45, 2.75) is 118 Å². The van der Waals surface area contributed by atoms with Crippen LogP contribution in [0.3, 0.4) is 0 Å². The zero-order valence-corrected chi connectivity index (χ0v) is 22.0. The van der Waals surface area contributed by atoms with Gasteiger partial charge in [0.05, 0.1) is 12.2 Å². The standard InChI is InChI=1S/C30H50O2/c1-18(2)19-11-14-28(6)24(32)17-30(8)20(25(19)28)9-10-22-27(5)15-13-23(31)26(3,4)21(27)12-16-29(22,30)7/h19-25,31-32H,1,9-17H2,2-8H3/t19-,20+,21-,22+,23?,24-,25+,27-,28+,29+,30+/m0/s1. The highest BCUT2D eigenvalue weighted by Crippen LogP contribution is 2.77. The van der Waals surface area contributed by atoms with E-state index in [1.54, 1.807) is 0 Å². The smallest absolute Gasteiger partial charge is 0.0602 e. The Bertz CT molecular complexity index is 801. The predicted octanol–water partition coefficient (Wildman–Crippen LogP) is 7.00. The minimum absolute atomic E-state index is 0.00718. The second-order valence-corrected chi connectivity index (χ2v) is 14.8. The number of hydrogen-bond acceptors (Lipinski definition) is 2. The molecular formula is C30H50O2. The van der Waals surface area contributed by atoms with E-state index in [1.165, 1.54) is 44.1 Å². The lowest BCUT2D eigenvalue weighted by atomic mass is 9.32. The molecule has 0 bridgehead atoms. The molecule has 32 heavy (non-hydrogen) atoms. The van der Waals surface area contributed by atoms with Crippen LogP contribution in [0.4, 0.5) is 0 Å². The topological polar surface area (TPSA) is 40.5 Å². The van der Waals surface area contributed by atoms with E-state index in [1.807, 2.05) is 0 Å². The summed E-state index contributed by atoms with van der Waals surface area (Å²) in [5.41, 5.74) is 2.18. The van der Waals surface area contributed by atoms with Crippen LogP contribution in [0.1, 0.15) is 106 Å². The van der Waals surface area contributed by atoms with E-state index in [9.17, 15) is 10.2 Å². The van der Waals surface area contributed by atoms with E-state index in [0.29, 0.717) is 35.0 Å². The fourth-order valence-corrected chi connectivity index (χ4v) is 11.5. The molecule has 0 radical (unpaired) electrons.